The Morgan fingerprint density at radius 3 is 2.50 bits per heavy atom. The molecule has 0 bridgehead atoms. The highest BCUT2D eigenvalue weighted by Crippen LogP contribution is 2.32. The van der Waals surface area contributed by atoms with Gasteiger partial charge in [0.2, 0.25) is 12.6 Å². The van der Waals surface area contributed by atoms with Gasteiger partial charge in [0, 0.05) is 5.56 Å². The SMILES string of the molecule is CC(OC(=O)c1ccc2c(c1)OCO2)C(=O)c1ccccc1. The summed E-state index contributed by atoms with van der Waals surface area (Å²) in [4.78, 5) is 24.3. The van der Waals surface area contributed by atoms with E-state index in [1.807, 2.05) is 6.07 Å². The number of ketones is 1. The van der Waals surface area contributed by atoms with Gasteiger partial charge in [-0.15, -0.1) is 0 Å². The predicted molar refractivity (Wildman–Crippen MR) is 78.2 cm³/mol. The summed E-state index contributed by atoms with van der Waals surface area (Å²) in [5.41, 5.74) is 0.824. The van der Waals surface area contributed by atoms with E-state index in [9.17, 15) is 9.59 Å². The summed E-state index contributed by atoms with van der Waals surface area (Å²) < 4.78 is 15.6. The van der Waals surface area contributed by atoms with Gasteiger partial charge in [-0.2, -0.15) is 0 Å². The number of hydrogen-bond donors (Lipinski definition) is 0. The van der Waals surface area contributed by atoms with Gasteiger partial charge in [0.15, 0.2) is 17.6 Å². The molecule has 5 heteroatoms. The van der Waals surface area contributed by atoms with E-state index in [0.29, 0.717) is 22.6 Å². The highest BCUT2D eigenvalue weighted by Gasteiger charge is 2.22. The molecule has 2 aromatic carbocycles. The van der Waals surface area contributed by atoms with Crippen LogP contribution >= 0.6 is 0 Å². The summed E-state index contributed by atoms with van der Waals surface area (Å²) in [5, 5.41) is 0. The van der Waals surface area contributed by atoms with Crippen molar-refractivity contribution in [2.75, 3.05) is 6.79 Å². The fourth-order valence-electron chi connectivity index (χ4n) is 2.14. The van der Waals surface area contributed by atoms with Gasteiger partial charge in [-0.25, -0.2) is 4.79 Å². The highest BCUT2D eigenvalue weighted by molar-refractivity contribution is 6.01. The second kappa shape index (κ2) is 5.89. The Balaban J connectivity index is 1.70. The number of carbonyl (C=O) groups is 2. The Labute approximate surface area is 127 Å². The molecule has 0 N–H and O–H groups in total. The summed E-state index contributed by atoms with van der Waals surface area (Å²) in [7, 11) is 0. The van der Waals surface area contributed by atoms with E-state index in [2.05, 4.69) is 0 Å². The minimum Gasteiger partial charge on any atom is -0.454 e. The zero-order valence-corrected chi connectivity index (χ0v) is 11.9. The Kier molecular flexibility index (Phi) is 3.78. The molecule has 0 fully saturated rings. The quantitative estimate of drug-likeness (QED) is 0.641. The fraction of sp³-hybridized carbons (Fsp3) is 0.176. The van der Waals surface area contributed by atoms with Gasteiger partial charge < -0.3 is 14.2 Å². The minimum absolute atomic E-state index is 0.136. The molecule has 0 radical (unpaired) electrons. The van der Waals surface area contributed by atoms with Gasteiger partial charge in [-0.05, 0) is 25.1 Å². The summed E-state index contributed by atoms with van der Waals surface area (Å²) in [6.07, 6.45) is -0.861. The lowest BCUT2D eigenvalue weighted by atomic mass is 10.1. The molecule has 0 saturated carbocycles. The van der Waals surface area contributed by atoms with Crippen molar-refractivity contribution in [2.45, 2.75) is 13.0 Å². The minimum atomic E-state index is -0.861. The third-order valence-electron chi connectivity index (χ3n) is 3.32. The van der Waals surface area contributed by atoms with E-state index in [4.69, 9.17) is 14.2 Å². The normalized spacial score (nSPS) is 13.5. The average molecular weight is 298 g/mol. The van der Waals surface area contributed by atoms with Crippen molar-refractivity contribution < 1.29 is 23.8 Å². The lowest BCUT2D eigenvalue weighted by molar-refractivity contribution is 0.0318. The Hall–Kier alpha value is -2.82. The average Bonchev–Trinajstić information content (AvgIpc) is 3.02. The third-order valence-corrected chi connectivity index (χ3v) is 3.32. The number of ether oxygens (including phenoxy) is 3. The number of Topliss-reactive ketones (excluding diaryl/α,β-unsaturated/α-hetero) is 1. The lowest BCUT2D eigenvalue weighted by Gasteiger charge is -2.12. The van der Waals surface area contributed by atoms with Gasteiger partial charge in [0.05, 0.1) is 5.56 Å². The van der Waals surface area contributed by atoms with Crippen molar-refractivity contribution in [1.29, 1.82) is 0 Å². The Bertz CT molecular complexity index is 708. The molecule has 1 unspecified atom stereocenters. The van der Waals surface area contributed by atoms with Gasteiger partial charge in [-0.1, -0.05) is 30.3 Å². The molecule has 0 amide bonds. The maximum atomic E-state index is 12.2. The third kappa shape index (κ3) is 2.79. The second-order valence-corrected chi connectivity index (χ2v) is 4.85. The molecular formula is C17H14O5. The molecule has 1 heterocycles. The van der Waals surface area contributed by atoms with Crippen molar-refractivity contribution in [2.24, 2.45) is 0 Å². The van der Waals surface area contributed by atoms with Gasteiger partial charge in [-0.3, -0.25) is 4.79 Å². The molecule has 0 aromatic heterocycles. The molecule has 3 rings (SSSR count). The van der Waals surface area contributed by atoms with Crippen LogP contribution in [0.5, 0.6) is 11.5 Å². The van der Waals surface area contributed by atoms with Crippen LogP contribution in [-0.4, -0.2) is 24.6 Å². The molecule has 0 aliphatic carbocycles. The fourth-order valence-corrected chi connectivity index (χ4v) is 2.14. The van der Waals surface area contributed by atoms with Crippen molar-refractivity contribution in [1.82, 2.24) is 0 Å². The predicted octanol–water partition coefficient (Wildman–Crippen LogP) is 2.84. The van der Waals surface area contributed by atoms with Gasteiger partial charge in [0.1, 0.15) is 0 Å². The molecule has 1 aliphatic rings. The first-order chi connectivity index (χ1) is 10.6. The highest BCUT2D eigenvalue weighted by atomic mass is 16.7. The molecule has 1 atom stereocenters. The van der Waals surface area contributed by atoms with Crippen LogP contribution in [0, 0.1) is 0 Å². The zero-order chi connectivity index (χ0) is 15.5. The van der Waals surface area contributed by atoms with Gasteiger partial charge in [0.25, 0.3) is 0 Å². The second-order valence-electron chi connectivity index (χ2n) is 4.85. The van der Waals surface area contributed by atoms with Crippen LogP contribution in [0.4, 0.5) is 0 Å². The Morgan fingerprint density at radius 1 is 1.00 bits per heavy atom. The summed E-state index contributed by atoms with van der Waals surface area (Å²) in [6.45, 7) is 1.69. The molecule has 1 aliphatic heterocycles. The molecule has 22 heavy (non-hydrogen) atoms. The molecule has 5 nitrogen and oxygen atoms in total. The first-order valence-corrected chi connectivity index (χ1v) is 6.85. The van der Waals surface area contributed by atoms with Crippen LogP contribution in [-0.2, 0) is 4.74 Å². The summed E-state index contributed by atoms with van der Waals surface area (Å²) in [6, 6.07) is 13.5. The van der Waals surface area contributed by atoms with Crippen molar-refractivity contribution in [3.05, 3.63) is 59.7 Å². The van der Waals surface area contributed by atoms with Crippen LogP contribution in [0.25, 0.3) is 0 Å². The number of benzene rings is 2. The number of rotatable bonds is 4. The molecular weight excluding hydrogens is 284 g/mol. The maximum absolute atomic E-state index is 12.2. The Morgan fingerprint density at radius 2 is 1.73 bits per heavy atom. The number of carbonyl (C=O) groups excluding carboxylic acids is 2. The van der Waals surface area contributed by atoms with Crippen LogP contribution < -0.4 is 9.47 Å². The summed E-state index contributed by atoms with van der Waals surface area (Å²) in [5.74, 6) is 0.270. The van der Waals surface area contributed by atoms with Crippen LogP contribution in [0.15, 0.2) is 48.5 Å². The zero-order valence-electron chi connectivity index (χ0n) is 11.9. The van der Waals surface area contributed by atoms with Crippen LogP contribution in [0.1, 0.15) is 27.6 Å². The van der Waals surface area contributed by atoms with Crippen molar-refractivity contribution >= 4 is 11.8 Å². The first-order valence-electron chi connectivity index (χ1n) is 6.85. The lowest BCUT2D eigenvalue weighted by Crippen LogP contribution is -2.24. The largest absolute Gasteiger partial charge is 0.454 e. The number of esters is 1. The van der Waals surface area contributed by atoms with E-state index in [1.165, 1.54) is 0 Å². The molecule has 112 valence electrons. The first kappa shape index (κ1) is 14.1. The van der Waals surface area contributed by atoms with E-state index in [0.717, 1.165) is 0 Å². The van der Waals surface area contributed by atoms with E-state index < -0.39 is 12.1 Å². The van der Waals surface area contributed by atoms with E-state index in [1.54, 1.807) is 49.4 Å². The monoisotopic (exact) mass is 298 g/mol. The van der Waals surface area contributed by atoms with E-state index in [-0.39, 0.29) is 12.6 Å². The number of hydrogen-bond acceptors (Lipinski definition) is 5. The van der Waals surface area contributed by atoms with Crippen LogP contribution in [0.3, 0.4) is 0 Å². The van der Waals surface area contributed by atoms with Crippen molar-refractivity contribution in [3.8, 4) is 11.5 Å². The number of fused-ring (bicyclic) bond motifs is 1. The smallest absolute Gasteiger partial charge is 0.338 e. The van der Waals surface area contributed by atoms with Crippen molar-refractivity contribution in [3.63, 3.8) is 0 Å². The van der Waals surface area contributed by atoms with E-state index >= 15 is 0 Å². The van der Waals surface area contributed by atoms with Crippen LogP contribution in [0.2, 0.25) is 0 Å². The van der Waals surface area contributed by atoms with Gasteiger partial charge >= 0.3 is 5.97 Å². The molecule has 0 spiro atoms. The molecule has 0 saturated heterocycles. The summed E-state index contributed by atoms with van der Waals surface area (Å²) >= 11 is 0. The maximum Gasteiger partial charge on any atom is 0.338 e. The standard InChI is InChI=1S/C17H14O5/c1-11(16(18)12-5-3-2-4-6-12)22-17(19)13-7-8-14-15(9-13)21-10-20-14/h2-9,11H,10H2,1H3. The topological polar surface area (TPSA) is 61.8 Å². The molecule has 2 aromatic rings.